The average Bonchev–Trinajstić information content (AvgIpc) is 2.57. The Hall–Kier alpha value is -2.37. The Morgan fingerprint density at radius 1 is 1.00 bits per heavy atom. The van der Waals surface area contributed by atoms with Crippen molar-refractivity contribution in [2.24, 2.45) is 0 Å². The highest BCUT2D eigenvalue weighted by Gasteiger charge is 2.06. The lowest BCUT2D eigenvalue weighted by molar-refractivity contribution is 1.03. The summed E-state index contributed by atoms with van der Waals surface area (Å²) in [6, 6.07) is 11.0. The van der Waals surface area contributed by atoms with Crippen molar-refractivity contribution in [1.82, 2.24) is 15.0 Å². The van der Waals surface area contributed by atoms with Crippen LogP contribution in [0.5, 0.6) is 0 Å². The van der Waals surface area contributed by atoms with Gasteiger partial charge in [0.25, 0.3) is 0 Å². The van der Waals surface area contributed by atoms with E-state index in [0.717, 1.165) is 11.3 Å². The summed E-state index contributed by atoms with van der Waals surface area (Å²) >= 11 is 12.2. The predicted octanol–water partition coefficient (Wildman–Crippen LogP) is 4.84. The first-order valence-corrected chi connectivity index (χ1v) is 8.06. The summed E-state index contributed by atoms with van der Waals surface area (Å²) in [6.07, 6.45) is 3.50. The maximum atomic E-state index is 6.18. The molecule has 3 aromatic rings. The summed E-state index contributed by atoms with van der Waals surface area (Å²) in [5.74, 6) is 1.18. The van der Waals surface area contributed by atoms with Crippen LogP contribution in [0.25, 0.3) is 0 Å². The molecule has 0 aliphatic rings. The molecule has 0 radical (unpaired) electrons. The van der Waals surface area contributed by atoms with Crippen molar-refractivity contribution in [2.45, 2.75) is 13.5 Å². The SMILES string of the molecule is Cc1cc(Nc2cc(Cl)ccc2Cl)nc(NCc2ccncc2)n1. The number of nitrogens with zero attached hydrogens (tertiary/aromatic N) is 3. The summed E-state index contributed by atoms with van der Waals surface area (Å²) in [6.45, 7) is 2.52. The molecule has 24 heavy (non-hydrogen) atoms. The van der Waals surface area contributed by atoms with Crippen LogP contribution >= 0.6 is 23.2 Å². The smallest absolute Gasteiger partial charge is 0.225 e. The molecule has 1 aromatic carbocycles. The lowest BCUT2D eigenvalue weighted by atomic mass is 10.3. The van der Waals surface area contributed by atoms with Gasteiger partial charge in [-0.2, -0.15) is 4.98 Å². The second kappa shape index (κ2) is 7.47. The molecule has 0 aliphatic carbocycles. The van der Waals surface area contributed by atoms with Crippen LogP contribution in [0, 0.1) is 6.92 Å². The molecule has 0 saturated heterocycles. The number of benzene rings is 1. The molecule has 0 aliphatic heterocycles. The first kappa shape index (κ1) is 16.5. The van der Waals surface area contributed by atoms with E-state index in [4.69, 9.17) is 23.2 Å². The van der Waals surface area contributed by atoms with E-state index in [1.807, 2.05) is 25.1 Å². The highest BCUT2D eigenvalue weighted by Crippen LogP contribution is 2.28. The fourth-order valence-electron chi connectivity index (χ4n) is 2.12. The van der Waals surface area contributed by atoms with Crippen molar-refractivity contribution in [1.29, 1.82) is 0 Å². The van der Waals surface area contributed by atoms with Crippen molar-refractivity contribution < 1.29 is 0 Å². The number of halogens is 2. The van der Waals surface area contributed by atoms with Gasteiger partial charge in [0.05, 0.1) is 10.7 Å². The zero-order valence-corrected chi connectivity index (χ0v) is 14.4. The van der Waals surface area contributed by atoms with E-state index in [1.54, 1.807) is 30.6 Å². The zero-order valence-electron chi connectivity index (χ0n) is 12.9. The molecule has 5 nitrogen and oxygen atoms in total. The van der Waals surface area contributed by atoms with Crippen LogP contribution in [0.15, 0.2) is 48.8 Å². The van der Waals surface area contributed by atoms with Crippen LogP contribution in [0.3, 0.4) is 0 Å². The number of hydrogen-bond acceptors (Lipinski definition) is 5. The van der Waals surface area contributed by atoms with Gasteiger partial charge >= 0.3 is 0 Å². The van der Waals surface area contributed by atoms with Crippen molar-refractivity contribution in [3.8, 4) is 0 Å². The molecule has 7 heteroatoms. The van der Waals surface area contributed by atoms with E-state index in [0.29, 0.717) is 34.0 Å². The van der Waals surface area contributed by atoms with Crippen molar-refractivity contribution in [3.05, 3.63) is 70.1 Å². The largest absolute Gasteiger partial charge is 0.350 e. The van der Waals surface area contributed by atoms with Crippen LogP contribution in [0.2, 0.25) is 10.0 Å². The molecule has 122 valence electrons. The molecular formula is C17H15Cl2N5. The van der Waals surface area contributed by atoms with Crippen molar-refractivity contribution in [2.75, 3.05) is 10.6 Å². The van der Waals surface area contributed by atoms with Gasteiger partial charge in [-0.1, -0.05) is 23.2 Å². The third-order valence-corrected chi connectivity index (χ3v) is 3.81. The highest BCUT2D eigenvalue weighted by molar-refractivity contribution is 6.35. The van der Waals surface area contributed by atoms with Crippen LogP contribution in [-0.2, 0) is 6.54 Å². The standard InChI is InChI=1S/C17H15Cl2N5/c1-11-8-16(23-15-9-13(18)2-3-14(15)19)24-17(22-11)21-10-12-4-6-20-7-5-12/h2-9H,10H2,1H3,(H2,21,22,23,24). The molecule has 2 N–H and O–H groups in total. The van der Waals surface area contributed by atoms with E-state index in [1.165, 1.54) is 0 Å². The van der Waals surface area contributed by atoms with E-state index < -0.39 is 0 Å². The maximum Gasteiger partial charge on any atom is 0.225 e. The van der Waals surface area contributed by atoms with Gasteiger partial charge in [0.15, 0.2) is 0 Å². The summed E-state index contributed by atoms with van der Waals surface area (Å²) in [4.78, 5) is 12.9. The Morgan fingerprint density at radius 2 is 1.79 bits per heavy atom. The van der Waals surface area contributed by atoms with Crippen LogP contribution < -0.4 is 10.6 Å². The number of pyridine rings is 1. The number of rotatable bonds is 5. The summed E-state index contributed by atoms with van der Waals surface area (Å²) in [7, 11) is 0. The van der Waals surface area contributed by atoms with Crippen molar-refractivity contribution in [3.63, 3.8) is 0 Å². The van der Waals surface area contributed by atoms with E-state index in [9.17, 15) is 0 Å². The van der Waals surface area contributed by atoms with Gasteiger partial charge < -0.3 is 10.6 Å². The Kier molecular flexibility index (Phi) is 5.13. The lowest BCUT2D eigenvalue weighted by Crippen LogP contribution is -2.06. The molecule has 0 amide bonds. The second-order valence-corrected chi connectivity index (χ2v) is 6.02. The van der Waals surface area contributed by atoms with E-state index in [-0.39, 0.29) is 0 Å². The number of nitrogens with one attached hydrogen (secondary N) is 2. The van der Waals surface area contributed by atoms with E-state index >= 15 is 0 Å². The van der Waals surface area contributed by atoms with Crippen LogP contribution in [0.1, 0.15) is 11.3 Å². The average molecular weight is 360 g/mol. The molecule has 2 heterocycles. The maximum absolute atomic E-state index is 6.18. The molecule has 0 atom stereocenters. The minimum Gasteiger partial charge on any atom is -0.350 e. The quantitative estimate of drug-likeness (QED) is 0.682. The molecule has 0 saturated carbocycles. The number of aromatic nitrogens is 3. The fourth-order valence-corrected chi connectivity index (χ4v) is 2.46. The Morgan fingerprint density at radius 3 is 2.58 bits per heavy atom. The van der Waals surface area contributed by atoms with Gasteiger partial charge in [-0.25, -0.2) is 4.98 Å². The lowest BCUT2D eigenvalue weighted by Gasteiger charge is -2.11. The third-order valence-electron chi connectivity index (χ3n) is 3.25. The molecule has 0 unspecified atom stereocenters. The second-order valence-electron chi connectivity index (χ2n) is 5.18. The Bertz CT molecular complexity index is 840. The Labute approximate surface area is 150 Å². The monoisotopic (exact) mass is 359 g/mol. The first-order chi connectivity index (χ1) is 11.6. The molecule has 3 rings (SSSR count). The third kappa shape index (κ3) is 4.34. The van der Waals surface area contributed by atoms with Crippen LogP contribution in [-0.4, -0.2) is 15.0 Å². The Balaban J connectivity index is 1.77. The van der Waals surface area contributed by atoms with Gasteiger partial charge in [-0.3, -0.25) is 4.98 Å². The normalized spacial score (nSPS) is 10.5. The summed E-state index contributed by atoms with van der Waals surface area (Å²) in [5, 5.41) is 7.55. The van der Waals surface area contributed by atoms with Gasteiger partial charge in [-0.05, 0) is 42.8 Å². The molecule has 0 fully saturated rings. The number of anilines is 3. The fraction of sp³-hybridized carbons (Fsp3) is 0.118. The van der Waals surface area contributed by atoms with Gasteiger partial charge in [0, 0.05) is 35.7 Å². The van der Waals surface area contributed by atoms with E-state index in [2.05, 4.69) is 25.6 Å². The summed E-state index contributed by atoms with van der Waals surface area (Å²) in [5.41, 5.74) is 2.63. The van der Waals surface area contributed by atoms with Crippen LogP contribution in [0.4, 0.5) is 17.5 Å². The first-order valence-electron chi connectivity index (χ1n) is 7.31. The van der Waals surface area contributed by atoms with Gasteiger partial charge in [-0.15, -0.1) is 0 Å². The molecule has 2 aromatic heterocycles. The van der Waals surface area contributed by atoms with Gasteiger partial charge in [0.2, 0.25) is 5.95 Å². The summed E-state index contributed by atoms with van der Waals surface area (Å²) < 4.78 is 0. The number of hydrogen-bond donors (Lipinski definition) is 2. The minimum absolute atomic E-state index is 0.535. The van der Waals surface area contributed by atoms with Crippen molar-refractivity contribution >= 4 is 40.7 Å². The topological polar surface area (TPSA) is 62.7 Å². The number of aryl methyl sites for hydroxylation is 1. The highest BCUT2D eigenvalue weighted by atomic mass is 35.5. The van der Waals surface area contributed by atoms with Gasteiger partial charge in [0.1, 0.15) is 5.82 Å². The molecular weight excluding hydrogens is 345 g/mol. The predicted molar refractivity (Wildman–Crippen MR) is 98.1 cm³/mol. The zero-order chi connectivity index (χ0) is 16.9. The molecule has 0 bridgehead atoms. The molecule has 0 spiro atoms. The minimum atomic E-state index is 0.535.